The Kier molecular flexibility index (Phi) is 19.2. The minimum atomic E-state index is -0.597. The molecule has 612 valence electrons. The lowest BCUT2D eigenvalue weighted by Gasteiger charge is -2.19. The van der Waals surface area contributed by atoms with E-state index in [0.717, 1.165) is 33.4 Å². The van der Waals surface area contributed by atoms with Gasteiger partial charge in [-0.2, -0.15) is 0 Å². The van der Waals surface area contributed by atoms with Crippen molar-refractivity contribution in [3.05, 3.63) is 215 Å². The third kappa shape index (κ3) is 16.9. The molecule has 18 atom stereocenters. The number of hydrogen-bond acceptors (Lipinski definition) is 24. The molecule has 12 fully saturated rings. The number of carbonyl (C=O) groups excluding carboxylic acids is 6. The summed E-state index contributed by atoms with van der Waals surface area (Å²) in [7, 11) is 0. The Morgan fingerprint density at radius 3 is 0.475 bits per heavy atom. The summed E-state index contributed by atoms with van der Waals surface area (Å²) >= 11 is 0. The summed E-state index contributed by atoms with van der Waals surface area (Å²) in [6, 6.07) is 55.5. The molecule has 10 aromatic rings. The second kappa shape index (κ2) is 30.9. The Morgan fingerprint density at radius 2 is 0.350 bits per heavy atom. The Bertz CT molecular complexity index is 4740. The number of epoxide rings is 6. The lowest BCUT2D eigenvalue weighted by Crippen LogP contribution is -2.16. The number of ether oxygens (including phenoxy) is 18. The third-order valence-electron chi connectivity index (χ3n) is 24.8. The second-order valence-corrected chi connectivity index (χ2v) is 33.8. The first-order valence-electron chi connectivity index (χ1n) is 41.7. The fourth-order valence-electron chi connectivity index (χ4n) is 16.5. The van der Waals surface area contributed by atoms with Gasteiger partial charge in [-0.25, -0.2) is 0 Å². The van der Waals surface area contributed by atoms with E-state index in [4.69, 9.17) is 85.3 Å². The maximum atomic E-state index is 15.1. The lowest BCUT2D eigenvalue weighted by molar-refractivity contribution is -0.138. The Hall–Kier alpha value is -11.6. The van der Waals surface area contributed by atoms with Crippen LogP contribution in [0.2, 0.25) is 0 Å². The van der Waals surface area contributed by atoms with Crippen LogP contribution in [-0.4, -0.2) is 152 Å². The molecule has 0 aromatic heterocycles. The number of carbonyl (C=O) groups is 6. The number of benzene rings is 10. The molecule has 18 unspecified atom stereocenters. The average molecular weight is 1620 g/mol. The molecule has 6 aliphatic heterocycles. The first-order chi connectivity index (χ1) is 58.8. The molecule has 10 aromatic carbocycles. The largest absolute Gasteiger partial charge is 0.491 e. The van der Waals surface area contributed by atoms with E-state index in [2.05, 4.69) is 0 Å². The molecule has 120 heavy (non-hydrogen) atoms. The standard InChI is InChI=1S/C96H84O24/c97-91(79-25-67(79)49-1-13-55(14-2-49)103-37-61-43-109-61)115-85-31-73-74(32-86(85)116-92(98)80-26-68(80)50-3-15-56(16-4-50)104-38-62-44-110-62)76-34-88(118-94(100)82-28-70(82)52-7-19-58(20-8-52)106-40-64-46-112-64)90(120-96(102)84-30-72(84)54-11-23-60(24-12-54)108-42-66-48-114-66)36-78(76)77-35-89(119-95(101)83-29-71(83)53-9-21-59(22-10-53)107-41-65-47-113-65)87(33-75(73)77)117-93(99)81-27-69(81)51-5-17-57(18-6-51)105-39-63-45-111-63/h1-24,31-36,61-72,79-84H,25-30,37-48H2. The van der Waals surface area contributed by atoms with Crippen LogP contribution in [0.25, 0.3) is 32.3 Å². The van der Waals surface area contributed by atoms with Gasteiger partial charge >= 0.3 is 35.8 Å². The molecule has 6 saturated heterocycles. The monoisotopic (exact) mass is 1620 g/mol. The quantitative estimate of drug-likeness (QED) is 0.0152. The summed E-state index contributed by atoms with van der Waals surface area (Å²) in [5, 5.41) is 2.30. The number of fused-ring (bicyclic) bond motifs is 6. The van der Waals surface area contributed by atoms with Crippen LogP contribution in [0.1, 0.15) is 107 Å². The van der Waals surface area contributed by atoms with Crippen molar-refractivity contribution < 1.29 is 114 Å². The van der Waals surface area contributed by atoms with Crippen molar-refractivity contribution in [2.45, 2.75) is 111 Å². The van der Waals surface area contributed by atoms with Crippen LogP contribution >= 0.6 is 0 Å². The molecule has 22 rings (SSSR count). The molecule has 12 aliphatic rings. The fraction of sp³-hybridized carbons (Fsp3) is 0.375. The van der Waals surface area contributed by atoms with E-state index in [-0.39, 0.29) is 107 Å². The van der Waals surface area contributed by atoms with Gasteiger partial charge in [0.15, 0.2) is 34.5 Å². The predicted molar refractivity (Wildman–Crippen MR) is 428 cm³/mol. The smallest absolute Gasteiger partial charge is 0.315 e. The van der Waals surface area contributed by atoms with Crippen molar-refractivity contribution in [2.75, 3.05) is 79.3 Å². The minimum Gasteiger partial charge on any atom is -0.491 e. The van der Waals surface area contributed by atoms with Crippen LogP contribution in [-0.2, 0) is 57.2 Å². The normalized spacial score (nSPS) is 27.8. The molecule has 24 nitrogen and oxygen atoms in total. The van der Waals surface area contributed by atoms with Gasteiger partial charge in [-0.15, -0.1) is 0 Å². The molecule has 6 aliphatic carbocycles. The molecule has 0 bridgehead atoms. The lowest BCUT2D eigenvalue weighted by atomic mass is 9.93. The van der Waals surface area contributed by atoms with Crippen molar-refractivity contribution in [3.63, 3.8) is 0 Å². The van der Waals surface area contributed by atoms with E-state index in [1.807, 2.05) is 146 Å². The van der Waals surface area contributed by atoms with Gasteiger partial charge < -0.3 is 85.3 Å². The molecule has 0 N–H and O–H groups in total. The highest BCUT2D eigenvalue weighted by Gasteiger charge is 2.52. The summed E-state index contributed by atoms with van der Waals surface area (Å²) < 4.78 is 107. The van der Waals surface area contributed by atoms with Crippen LogP contribution in [0.3, 0.4) is 0 Å². The van der Waals surface area contributed by atoms with E-state index in [1.165, 1.54) is 0 Å². The van der Waals surface area contributed by atoms with Gasteiger partial charge in [0.05, 0.1) is 75.1 Å². The van der Waals surface area contributed by atoms with Gasteiger partial charge in [0.25, 0.3) is 0 Å². The number of esters is 6. The zero-order valence-electron chi connectivity index (χ0n) is 65.2. The molecular formula is C96H84O24. The molecule has 24 heteroatoms. The second-order valence-electron chi connectivity index (χ2n) is 33.8. The molecular weight excluding hydrogens is 1540 g/mol. The predicted octanol–water partition coefficient (Wildman–Crippen LogP) is 14.1. The van der Waals surface area contributed by atoms with Crippen molar-refractivity contribution in [2.24, 2.45) is 35.5 Å². The summed E-state index contributed by atoms with van der Waals surface area (Å²) in [5.41, 5.74) is 5.46. The average Bonchev–Trinajstić information content (AvgIpc) is 1.03. The fourth-order valence-corrected chi connectivity index (χ4v) is 16.5. The summed E-state index contributed by atoms with van der Waals surface area (Å²) in [6.45, 7) is 6.52. The van der Waals surface area contributed by atoms with Crippen LogP contribution in [0.15, 0.2) is 182 Å². The number of rotatable bonds is 36. The topological polar surface area (TPSA) is 288 Å². The van der Waals surface area contributed by atoms with Gasteiger partial charge in [0.1, 0.15) is 111 Å². The highest BCUT2D eigenvalue weighted by molar-refractivity contribution is 6.27. The maximum absolute atomic E-state index is 15.1. The molecule has 0 radical (unpaired) electrons. The van der Waals surface area contributed by atoms with E-state index in [0.29, 0.717) is 185 Å². The summed E-state index contributed by atoms with van der Waals surface area (Å²) in [4.78, 5) is 90.4. The van der Waals surface area contributed by atoms with Gasteiger partial charge in [-0.3, -0.25) is 28.8 Å². The minimum absolute atomic E-state index is 0.0675. The van der Waals surface area contributed by atoms with Gasteiger partial charge in [-0.05, 0) is 249 Å². The zero-order chi connectivity index (χ0) is 80.4. The highest BCUT2D eigenvalue weighted by atomic mass is 16.6. The highest BCUT2D eigenvalue weighted by Crippen LogP contribution is 2.57. The molecule has 0 spiro atoms. The molecule has 6 heterocycles. The SMILES string of the molecule is O=C(Oc1cc2c3cc(OC(=O)C4CC4c4ccc(OCC5CO5)cc4)c(OC(=O)C4CC4c4ccc(OCC5CO5)cc4)cc3c3cc(OC(=O)C4CC4c4ccc(OCC5CO5)cc4)c(OC(=O)C4CC4c4ccc(OCC5CO5)cc4)cc3c2cc1OC(=O)C1CC1c1ccc(OCC2CO2)cc1)C1CC1c1ccc(OCC2CO2)cc1. The maximum Gasteiger partial charge on any atom is 0.315 e. The Balaban J connectivity index is 0.657. The van der Waals surface area contributed by atoms with E-state index < -0.39 is 71.3 Å². The third-order valence-corrected chi connectivity index (χ3v) is 24.8. The van der Waals surface area contributed by atoms with E-state index in [9.17, 15) is 0 Å². The summed E-state index contributed by atoms with van der Waals surface area (Å²) in [6.07, 6.45) is 3.21. The van der Waals surface area contributed by atoms with Crippen LogP contribution in [0, 0.1) is 35.5 Å². The van der Waals surface area contributed by atoms with Crippen LogP contribution in [0.4, 0.5) is 0 Å². The van der Waals surface area contributed by atoms with E-state index in [1.54, 1.807) is 36.4 Å². The Morgan fingerprint density at radius 1 is 0.217 bits per heavy atom. The van der Waals surface area contributed by atoms with Crippen molar-refractivity contribution in [1.82, 2.24) is 0 Å². The first kappa shape index (κ1) is 74.6. The van der Waals surface area contributed by atoms with Crippen molar-refractivity contribution in [3.8, 4) is 69.0 Å². The summed E-state index contributed by atoms with van der Waals surface area (Å²) in [5.74, 6) is -4.84. The van der Waals surface area contributed by atoms with Crippen LogP contribution in [0.5, 0.6) is 69.0 Å². The van der Waals surface area contributed by atoms with E-state index >= 15 is 28.8 Å². The number of hydrogen-bond donors (Lipinski definition) is 0. The van der Waals surface area contributed by atoms with Gasteiger partial charge in [0, 0.05) is 0 Å². The zero-order valence-corrected chi connectivity index (χ0v) is 65.2. The van der Waals surface area contributed by atoms with Crippen molar-refractivity contribution in [1.29, 1.82) is 0 Å². The van der Waals surface area contributed by atoms with Gasteiger partial charge in [0.2, 0.25) is 0 Å². The molecule has 0 amide bonds. The van der Waals surface area contributed by atoms with Crippen molar-refractivity contribution >= 4 is 68.1 Å². The van der Waals surface area contributed by atoms with Crippen LogP contribution < -0.4 is 56.8 Å². The first-order valence-corrected chi connectivity index (χ1v) is 41.7. The van der Waals surface area contributed by atoms with Gasteiger partial charge in [-0.1, -0.05) is 72.8 Å². The molecule has 6 saturated carbocycles. The Labute approximate surface area is 688 Å².